The lowest BCUT2D eigenvalue weighted by Crippen LogP contribution is -2.12. The fourth-order valence-corrected chi connectivity index (χ4v) is 2.75. The Hall–Kier alpha value is -3.41. The molecule has 0 saturated heterocycles. The first-order valence-corrected chi connectivity index (χ1v) is 9.31. The summed E-state index contributed by atoms with van der Waals surface area (Å²) in [6, 6.07) is 17.3. The lowest BCUT2D eigenvalue weighted by atomic mass is 10.1. The molecule has 0 amide bonds. The number of anilines is 1. The van der Waals surface area contributed by atoms with Crippen LogP contribution in [0.1, 0.15) is 35.7 Å². The fraction of sp³-hybridized carbons (Fsp3) is 0.227. The summed E-state index contributed by atoms with van der Waals surface area (Å²) in [5.41, 5.74) is 6.50. The zero-order valence-corrected chi connectivity index (χ0v) is 16.1. The first-order chi connectivity index (χ1) is 13.7. The monoisotopic (exact) mass is 376 g/mol. The average Bonchev–Trinajstić information content (AvgIpc) is 2.68. The van der Waals surface area contributed by atoms with E-state index >= 15 is 0 Å². The molecule has 0 spiro atoms. The summed E-state index contributed by atoms with van der Waals surface area (Å²) in [5.74, 6) is 1.06. The first kappa shape index (κ1) is 19.4. The largest absolute Gasteiger partial charge is 0.488 e. The number of H-pyrrole nitrogens is 1. The van der Waals surface area contributed by atoms with E-state index in [0.29, 0.717) is 12.6 Å². The molecule has 0 radical (unpaired) electrons. The van der Waals surface area contributed by atoms with E-state index in [1.807, 2.05) is 43.3 Å². The van der Waals surface area contributed by atoms with E-state index in [2.05, 4.69) is 39.6 Å². The zero-order valence-electron chi connectivity index (χ0n) is 16.1. The third kappa shape index (κ3) is 5.30. The average molecular weight is 376 g/mol. The molecule has 3 aromatic rings. The summed E-state index contributed by atoms with van der Waals surface area (Å²) in [7, 11) is 0. The summed E-state index contributed by atoms with van der Waals surface area (Å²) in [6.07, 6.45) is 3.32. The van der Waals surface area contributed by atoms with Crippen LogP contribution in [-0.4, -0.2) is 16.2 Å². The highest BCUT2D eigenvalue weighted by Crippen LogP contribution is 2.18. The highest BCUT2D eigenvalue weighted by Gasteiger charge is 2.04. The lowest BCUT2D eigenvalue weighted by molar-refractivity contribution is 0.305. The summed E-state index contributed by atoms with van der Waals surface area (Å²) in [5, 5.41) is 4.20. The van der Waals surface area contributed by atoms with Crippen LogP contribution < -0.4 is 15.7 Å². The predicted octanol–water partition coefficient (Wildman–Crippen LogP) is 4.06. The molecule has 2 N–H and O–H groups in total. The van der Waals surface area contributed by atoms with Gasteiger partial charge in [0.1, 0.15) is 12.4 Å². The van der Waals surface area contributed by atoms with Crippen molar-refractivity contribution in [3.05, 3.63) is 87.3 Å². The molecular weight excluding hydrogens is 352 g/mol. The second kappa shape index (κ2) is 9.50. The molecule has 2 aromatic carbocycles. The van der Waals surface area contributed by atoms with Crippen molar-refractivity contribution in [1.82, 2.24) is 9.97 Å². The van der Waals surface area contributed by atoms with Crippen molar-refractivity contribution >= 4 is 12.2 Å². The molecule has 0 atom stereocenters. The second-order valence-corrected chi connectivity index (χ2v) is 6.46. The molecule has 1 heterocycles. The number of ether oxygens (including phenoxy) is 1. The van der Waals surface area contributed by atoms with Gasteiger partial charge in [0.15, 0.2) is 0 Å². The number of hydrogen-bond acceptors (Lipinski definition) is 5. The third-order valence-electron chi connectivity index (χ3n) is 4.24. The van der Waals surface area contributed by atoms with Crippen LogP contribution in [0.3, 0.4) is 0 Å². The Morgan fingerprint density at radius 2 is 1.96 bits per heavy atom. The standard InChI is InChI=1S/C22H24N4O2/c1-3-8-19-13-21(27)25-22(24-19)26-23-14-17-10-6-7-12-20(17)28-15-18-11-5-4-9-16(18)2/h4-7,9-14H,3,8,15H2,1-2H3,(H2,24,25,26,27)/b23-14+. The highest BCUT2D eigenvalue weighted by atomic mass is 16.5. The van der Waals surface area contributed by atoms with Gasteiger partial charge in [0, 0.05) is 17.3 Å². The molecular formula is C22H24N4O2. The molecule has 0 aliphatic rings. The van der Waals surface area contributed by atoms with E-state index in [-0.39, 0.29) is 5.56 Å². The molecule has 0 fully saturated rings. The molecule has 0 saturated carbocycles. The summed E-state index contributed by atoms with van der Waals surface area (Å²) in [6.45, 7) is 4.59. The Morgan fingerprint density at radius 3 is 2.79 bits per heavy atom. The second-order valence-electron chi connectivity index (χ2n) is 6.46. The molecule has 1 aromatic heterocycles. The number of benzene rings is 2. The van der Waals surface area contributed by atoms with Gasteiger partial charge in [-0.15, -0.1) is 0 Å². The smallest absolute Gasteiger partial charge is 0.252 e. The van der Waals surface area contributed by atoms with Crippen molar-refractivity contribution in [2.45, 2.75) is 33.3 Å². The van der Waals surface area contributed by atoms with Crippen molar-refractivity contribution in [1.29, 1.82) is 0 Å². The maximum Gasteiger partial charge on any atom is 0.252 e. The minimum absolute atomic E-state index is 0.196. The van der Waals surface area contributed by atoms with E-state index in [0.717, 1.165) is 35.4 Å². The van der Waals surface area contributed by atoms with Gasteiger partial charge in [-0.3, -0.25) is 9.78 Å². The number of nitrogens with zero attached hydrogens (tertiary/aromatic N) is 2. The highest BCUT2D eigenvalue weighted by molar-refractivity contribution is 5.83. The Kier molecular flexibility index (Phi) is 6.57. The van der Waals surface area contributed by atoms with Crippen molar-refractivity contribution in [3.63, 3.8) is 0 Å². The van der Waals surface area contributed by atoms with Crippen molar-refractivity contribution in [2.75, 3.05) is 5.43 Å². The topological polar surface area (TPSA) is 79.4 Å². The van der Waals surface area contributed by atoms with E-state index in [9.17, 15) is 4.79 Å². The van der Waals surface area contributed by atoms with Crippen molar-refractivity contribution < 1.29 is 4.74 Å². The molecule has 0 bridgehead atoms. The van der Waals surface area contributed by atoms with E-state index in [1.165, 1.54) is 11.6 Å². The number of aryl methyl sites for hydroxylation is 2. The van der Waals surface area contributed by atoms with Gasteiger partial charge in [0.05, 0.1) is 6.21 Å². The van der Waals surface area contributed by atoms with Gasteiger partial charge >= 0.3 is 0 Å². The Morgan fingerprint density at radius 1 is 1.18 bits per heavy atom. The van der Waals surface area contributed by atoms with E-state index in [1.54, 1.807) is 6.21 Å². The summed E-state index contributed by atoms with van der Waals surface area (Å²) < 4.78 is 5.98. The summed E-state index contributed by atoms with van der Waals surface area (Å²) in [4.78, 5) is 18.7. The summed E-state index contributed by atoms with van der Waals surface area (Å²) >= 11 is 0. The molecule has 6 nitrogen and oxygen atoms in total. The molecule has 3 rings (SSSR count). The molecule has 6 heteroatoms. The van der Waals surface area contributed by atoms with Crippen LogP contribution in [0.2, 0.25) is 0 Å². The van der Waals surface area contributed by atoms with Crippen LogP contribution in [0, 0.1) is 6.92 Å². The number of hydrazone groups is 1. The minimum Gasteiger partial charge on any atom is -0.488 e. The van der Waals surface area contributed by atoms with Gasteiger partial charge in [-0.25, -0.2) is 10.4 Å². The van der Waals surface area contributed by atoms with Crippen LogP contribution >= 0.6 is 0 Å². The van der Waals surface area contributed by atoms with Gasteiger partial charge in [0.25, 0.3) is 5.56 Å². The van der Waals surface area contributed by atoms with Crippen molar-refractivity contribution in [3.8, 4) is 5.75 Å². The maximum atomic E-state index is 11.7. The predicted molar refractivity (Wildman–Crippen MR) is 112 cm³/mol. The zero-order chi connectivity index (χ0) is 19.8. The Bertz CT molecular complexity index is 1010. The van der Waals surface area contributed by atoms with Gasteiger partial charge in [-0.1, -0.05) is 49.7 Å². The number of aromatic amines is 1. The van der Waals surface area contributed by atoms with Crippen LogP contribution in [-0.2, 0) is 13.0 Å². The number of hydrogen-bond donors (Lipinski definition) is 2. The lowest BCUT2D eigenvalue weighted by Gasteiger charge is -2.10. The van der Waals surface area contributed by atoms with Crippen LogP contribution in [0.5, 0.6) is 5.75 Å². The fourth-order valence-electron chi connectivity index (χ4n) is 2.75. The molecule has 144 valence electrons. The maximum absolute atomic E-state index is 11.7. The van der Waals surface area contributed by atoms with Crippen LogP contribution in [0.25, 0.3) is 0 Å². The van der Waals surface area contributed by atoms with Crippen LogP contribution in [0.15, 0.2) is 64.5 Å². The van der Waals surface area contributed by atoms with Gasteiger partial charge in [0.2, 0.25) is 5.95 Å². The SMILES string of the molecule is CCCc1cc(=O)[nH]c(N/N=C/c2ccccc2OCc2ccccc2C)n1. The number of nitrogens with one attached hydrogen (secondary N) is 2. The Balaban J connectivity index is 1.69. The first-order valence-electron chi connectivity index (χ1n) is 9.31. The van der Waals surface area contributed by atoms with Gasteiger partial charge in [-0.05, 0) is 36.6 Å². The van der Waals surface area contributed by atoms with Gasteiger partial charge in [-0.2, -0.15) is 5.10 Å². The quantitative estimate of drug-likeness (QED) is 0.459. The molecule has 0 aliphatic heterocycles. The number of aromatic nitrogens is 2. The van der Waals surface area contributed by atoms with E-state index in [4.69, 9.17) is 4.74 Å². The third-order valence-corrected chi connectivity index (χ3v) is 4.24. The van der Waals surface area contributed by atoms with Crippen LogP contribution in [0.4, 0.5) is 5.95 Å². The molecule has 28 heavy (non-hydrogen) atoms. The molecule has 0 unspecified atom stereocenters. The Labute approximate surface area is 164 Å². The van der Waals surface area contributed by atoms with Crippen molar-refractivity contribution in [2.24, 2.45) is 5.10 Å². The van der Waals surface area contributed by atoms with Gasteiger partial charge < -0.3 is 4.74 Å². The normalized spacial score (nSPS) is 10.9. The number of rotatable bonds is 8. The van der Waals surface area contributed by atoms with E-state index < -0.39 is 0 Å². The minimum atomic E-state index is -0.196. The number of para-hydroxylation sites is 1. The molecule has 0 aliphatic carbocycles.